The summed E-state index contributed by atoms with van der Waals surface area (Å²) in [6, 6.07) is 13.2. The SMILES string of the molecule is CCN1CCN(C(=O)Cn2cccnc2=O)[C@H](Cc2cccc(-c3cccs3)c2)C1=O. The molecule has 4 rings (SSSR count). The first kappa shape index (κ1) is 21.0. The summed E-state index contributed by atoms with van der Waals surface area (Å²) in [7, 11) is 0. The van der Waals surface area contributed by atoms with Gasteiger partial charge in [-0.3, -0.25) is 14.2 Å². The number of hydrogen-bond donors (Lipinski definition) is 0. The van der Waals surface area contributed by atoms with Gasteiger partial charge in [-0.05, 0) is 35.6 Å². The zero-order valence-corrected chi connectivity index (χ0v) is 18.1. The summed E-state index contributed by atoms with van der Waals surface area (Å²) in [5.41, 5.74) is 1.62. The molecule has 1 atom stereocenters. The van der Waals surface area contributed by atoms with E-state index in [4.69, 9.17) is 0 Å². The number of carbonyl (C=O) groups excluding carboxylic acids is 2. The van der Waals surface area contributed by atoms with Crippen molar-refractivity contribution in [1.82, 2.24) is 19.4 Å². The van der Waals surface area contributed by atoms with Gasteiger partial charge in [-0.1, -0.05) is 30.3 Å². The highest BCUT2D eigenvalue weighted by Gasteiger charge is 2.36. The summed E-state index contributed by atoms with van der Waals surface area (Å²) < 4.78 is 1.27. The summed E-state index contributed by atoms with van der Waals surface area (Å²) in [4.78, 5) is 46.4. The normalized spacial score (nSPS) is 16.5. The molecule has 31 heavy (non-hydrogen) atoms. The molecule has 0 unspecified atom stereocenters. The van der Waals surface area contributed by atoms with Crippen LogP contribution in [0.2, 0.25) is 0 Å². The first-order valence-electron chi connectivity index (χ1n) is 10.3. The lowest BCUT2D eigenvalue weighted by molar-refractivity contribution is -0.151. The predicted molar refractivity (Wildman–Crippen MR) is 120 cm³/mol. The summed E-state index contributed by atoms with van der Waals surface area (Å²) >= 11 is 1.67. The van der Waals surface area contributed by atoms with Crippen molar-refractivity contribution in [2.75, 3.05) is 19.6 Å². The number of amides is 2. The first-order chi connectivity index (χ1) is 15.1. The highest BCUT2D eigenvalue weighted by Crippen LogP contribution is 2.26. The van der Waals surface area contributed by atoms with Crippen LogP contribution in [0.3, 0.4) is 0 Å². The topological polar surface area (TPSA) is 75.5 Å². The molecule has 1 saturated heterocycles. The maximum atomic E-state index is 13.2. The number of carbonyl (C=O) groups is 2. The van der Waals surface area contributed by atoms with Gasteiger partial charge in [-0.2, -0.15) is 0 Å². The Kier molecular flexibility index (Phi) is 6.27. The first-order valence-corrected chi connectivity index (χ1v) is 11.2. The second-order valence-electron chi connectivity index (χ2n) is 7.43. The van der Waals surface area contributed by atoms with Gasteiger partial charge in [0.1, 0.15) is 12.6 Å². The average Bonchev–Trinajstić information content (AvgIpc) is 3.32. The van der Waals surface area contributed by atoms with Crippen LogP contribution in [0.1, 0.15) is 12.5 Å². The smallest absolute Gasteiger partial charge is 0.339 e. The van der Waals surface area contributed by atoms with Crippen LogP contribution in [0.15, 0.2) is 65.0 Å². The van der Waals surface area contributed by atoms with E-state index in [1.165, 1.54) is 17.0 Å². The number of nitrogens with zero attached hydrogens (tertiary/aromatic N) is 4. The van der Waals surface area contributed by atoms with Gasteiger partial charge < -0.3 is 9.80 Å². The van der Waals surface area contributed by atoms with Crippen LogP contribution in [-0.4, -0.2) is 56.8 Å². The number of thiophene rings is 1. The largest absolute Gasteiger partial charge is 0.347 e. The second-order valence-corrected chi connectivity index (χ2v) is 8.38. The Hall–Kier alpha value is -3.26. The highest BCUT2D eigenvalue weighted by atomic mass is 32.1. The Morgan fingerprint density at radius 3 is 2.77 bits per heavy atom. The van der Waals surface area contributed by atoms with Gasteiger partial charge in [0.2, 0.25) is 11.8 Å². The van der Waals surface area contributed by atoms with Crippen LogP contribution in [0.4, 0.5) is 0 Å². The Bertz CT molecular complexity index is 1130. The molecule has 160 valence electrons. The van der Waals surface area contributed by atoms with Crippen molar-refractivity contribution in [3.63, 3.8) is 0 Å². The van der Waals surface area contributed by atoms with E-state index >= 15 is 0 Å². The molecule has 1 aliphatic rings. The number of aromatic nitrogens is 2. The summed E-state index contributed by atoms with van der Waals surface area (Å²) in [6.45, 7) is 3.36. The van der Waals surface area contributed by atoms with Crippen LogP contribution >= 0.6 is 11.3 Å². The van der Waals surface area contributed by atoms with Crippen molar-refractivity contribution < 1.29 is 9.59 Å². The molecule has 0 radical (unpaired) electrons. The van der Waals surface area contributed by atoms with Crippen molar-refractivity contribution in [1.29, 1.82) is 0 Å². The Balaban J connectivity index is 1.59. The molecule has 0 spiro atoms. The van der Waals surface area contributed by atoms with E-state index < -0.39 is 11.7 Å². The lowest BCUT2D eigenvalue weighted by Gasteiger charge is -2.40. The molecule has 7 nitrogen and oxygen atoms in total. The molecule has 0 bridgehead atoms. The summed E-state index contributed by atoms with van der Waals surface area (Å²) in [5, 5.41) is 2.03. The molecule has 8 heteroatoms. The van der Waals surface area contributed by atoms with Gasteiger partial charge >= 0.3 is 5.69 Å². The van der Waals surface area contributed by atoms with E-state index in [2.05, 4.69) is 17.1 Å². The molecule has 1 aromatic carbocycles. The van der Waals surface area contributed by atoms with Gasteiger partial charge in [-0.25, -0.2) is 9.78 Å². The maximum absolute atomic E-state index is 13.2. The van der Waals surface area contributed by atoms with Crippen LogP contribution < -0.4 is 5.69 Å². The standard InChI is InChI=1S/C23H24N4O3S/c1-2-25-11-12-27(21(28)16-26-10-5-9-24-23(26)30)19(22(25)29)15-17-6-3-7-18(14-17)20-8-4-13-31-20/h3-10,13-14,19H,2,11-12,15-16H2,1H3/t19-/m1/s1. The molecule has 0 aliphatic carbocycles. The Morgan fingerprint density at radius 1 is 1.16 bits per heavy atom. The molecule has 1 fully saturated rings. The van der Waals surface area contributed by atoms with Crippen LogP contribution in [0, 0.1) is 0 Å². The number of likely N-dealkylation sites (N-methyl/N-ethyl adjacent to an activating group) is 1. The average molecular weight is 437 g/mol. The van der Waals surface area contributed by atoms with Crippen molar-refractivity contribution >= 4 is 23.2 Å². The van der Waals surface area contributed by atoms with Gasteiger partial charge in [0.05, 0.1) is 0 Å². The van der Waals surface area contributed by atoms with E-state index in [-0.39, 0.29) is 18.4 Å². The molecular weight excluding hydrogens is 412 g/mol. The Morgan fingerprint density at radius 2 is 2.03 bits per heavy atom. The monoisotopic (exact) mass is 436 g/mol. The summed E-state index contributed by atoms with van der Waals surface area (Å²) in [5.74, 6) is -0.305. The van der Waals surface area contributed by atoms with E-state index in [0.717, 1.165) is 16.0 Å². The fourth-order valence-electron chi connectivity index (χ4n) is 3.91. The minimum absolute atomic E-state index is 0.0536. The third kappa shape index (κ3) is 4.59. The zero-order chi connectivity index (χ0) is 21.8. The van der Waals surface area contributed by atoms with Crippen molar-refractivity contribution in [2.45, 2.75) is 25.9 Å². The number of hydrogen-bond acceptors (Lipinski definition) is 5. The third-order valence-corrected chi connectivity index (χ3v) is 6.45. The van der Waals surface area contributed by atoms with Crippen molar-refractivity contribution in [3.8, 4) is 10.4 Å². The van der Waals surface area contributed by atoms with Crippen molar-refractivity contribution in [2.24, 2.45) is 0 Å². The molecule has 0 saturated carbocycles. The lowest BCUT2D eigenvalue weighted by atomic mass is 9.99. The number of piperazine rings is 1. The molecular formula is C23H24N4O3S. The quantitative estimate of drug-likeness (QED) is 0.594. The fourth-order valence-corrected chi connectivity index (χ4v) is 4.63. The van der Waals surface area contributed by atoms with E-state index in [9.17, 15) is 14.4 Å². The minimum Gasteiger partial charge on any atom is -0.339 e. The van der Waals surface area contributed by atoms with Crippen molar-refractivity contribution in [3.05, 3.63) is 76.3 Å². The molecule has 2 amide bonds. The molecule has 3 heterocycles. The van der Waals surface area contributed by atoms with Crippen LogP contribution in [0.25, 0.3) is 10.4 Å². The van der Waals surface area contributed by atoms with E-state index in [1.54, 1.807) is 27.2 Å². The Labute approximate surface area is 184 Å². The van der Waals surface area contributed by atoms with Crippen LogP contribution in [-0.2, 0) is 22.6 Å². The minimum atomic E-state index is -0.591. The number of benzene rings is 1. The fraction of sp³-hybridized carbons (Fsp3) is 0.304. The molecule has 3 aromatic rings. The number of rotatable bonds is 6. The van der Waals surface area contributed by atoms with Gasteiger partial charge in [0.25, 0.3) is 0 Å². The highest BCUT2D eigenvalue weighted by molar-refractivity contribution is 7.13. The maximum Gasteiger partial charge on any atom is 0.347 e. The lowest BCUT2D eigenvalue weighted by Crippen LogP contribution is -2.60. The van der Waals surface area contributed by atoms with Gasteiger partial charge in [0.15, 0.2) is 0 Å². The third-order valence-electron chi connectivity index (χ3n) is 5.54. The molecule has 1 aliphatic heterocycles. The summed E-state index contributed by atoms with van der Waals surface area (Å²) in [6.07, 6.45) is 3.37. The second kappa shape index (κ2) is 9.26. The van der Waals surface area contributed by atoms with Gasteiger partial charge in [-0.15, -0.1) is 11.3 Å². The molecule has 2 aromatic heterocycles. The van der Waals surface area contributed by atoms with E-state index in [1.807, 2.05) is 36.6 Å². The molecule has 0 N–H and O–H groups in total. The predicted octanol–water partition coefficient (Wildman–Crippen LogP) is 2.27. The zero-order valence-electron chi connectivity index (χ0n) is 17.3. The van der Waals surface area contributed by atoms with E-state index in [0.29, 0.717) is 26.1 Å². The van der Waals surface area contributed by atoms with Gasteiger partial charge in [0, 0.05) is 43.3 Å². The van der Waals surface area contributed by atoms with Crippen LogP contribution in [0.5, 0.6) is 0 Å².